The molecule has 3 heterocycles. The summed E-state index contributed by atoms with van der Waals surface area (Å²) >= 11 is 7.10. The fourth-order valence-corrected chi connectivity index (χ4v) is 5.38. The highest BCUT2D eigenvalue weighted by atomic mass is 35.5. The second kappa shape index (κ2) is 8.75. The number of anilines is 2. The standard InChI is InChI=1S/C23H25ClN4O3S/c1-14-19(15-2-3-15)10-11-28(26-14)17-6-4-16(5-7-17)27-13-18(31-23(27)30)12-25-22(29)20-8-9-21(24)32-20/h4-9,15,18-19H,2-3,10-13H2,1H3,(H,25,29)/t18-,19?/m0/s1. The first-order valence-corrected chi connectivity index (χ1v) is 12.1. The molecule has 32 heavy (non-hydrogen) atoms. The highest BCUT2D eigenvalue weighted by molar-refractivity contribution is 7.18. The summed E-state index contributed by atoms with van der Waals surface area (Å²) in [4.78, 5) is 26.7. The minimum Gasteiger partial charge on any atom is -0.442 e. The number of hydrogen-bond donors (Lipinski definition) is 1. The summed E-state index contributed by atoms with van der Waals surface area (Å²) in [7, 11) is 0. The lowest BCUT2D eigenvalue weighted by Crippen LogP contribution is -2.34. The molecule has 0 spiro atoms. The maximum Gasteiger partial charge on any atom is 0.414 e. The van der Waals surface area contributed by atoms with Crippen molar-refractivity contribution in [1.82, 2.24) is 5.32 Å². The molecule has 1 N–H and O–H groups in total. The number of benzene rings is 1. The van der Waals surface area contributed by atoms with Gasteiger partial charge in [0.25, 0.3) is 5.91 Å². The number of cyclic esters (lactones) is 1. The predicted molar refractivity (Wildman–Crippen MR) is 127 cm³/mol. The van der Waals surface area contributed by atoms with Crippen molar-refractivity contribution in [3.05, 3.63) is 45.6 Å². The monoisotopic (exact) mass is 472 g/mol. The molecule has 1 aliphatic carbocycles. The molecule has 1 saturated heterocycles. The van der Waals surface area contributed by atoms with E-state index in [1.807, 2.05) is 24.3 Å². The van der Waals surface area contributed by atoms with E-state index in [0.29, 0.717) is 21.7 Å². The highest BCUT2D eigenvalue weighted by Gasteiger charge is 2.36. The molecule has 2 fully saturated rings. The highest BCUT2D eigenvalue weighted by Crippen LogP contribution is 2.41. The van der Waals surface area contributed by atoms with Crippen LogP contribution in [0.15, 0.2) is 41.5 Å². The lowest BCUT2D eigenvalue weighted by atomic mass is 9.93. The van der Waals surface area contributed by atoms with Crippen LogP contribution in [0.2, 0.25) is 4.34 Å². The zero-order valence-electron chi connectivity index (χ0n) is 17.8. The molecule has 2 aromatic rings. The Balaban J connectivity index is 1.18. The van der Waals surface area contributed by atoms with Crippen molar-refractivity contribution in [2.45, 2.75) is 32.3 Å². The zero-order valence-corrected chi connectivity index (χ0v) is 19.4. The Morgan fingerprint density at radius 1 is 1.19 bits per heavy atom. The summed E-state index contributed by atoms with van der Waals surface area (Å²) in [6, 6.07) is 11.2. The first-order chi connectivity index (χ1) is 15.5. The Bertz CT molecular complexity index is 1050. The van der Waals surface area contributed by atoms with Gasteiger partial charge in [-0.1, -0.05) is 11.6 Å². The number of halogens is 1. The number of carbonyl (C=O) groups is 2. The fourth-order valence-electron chi connectivity index (χ4n) is 4.42. The van der Waals surface area contributed by atoms with Crippen molar-refractivity contribution in [3.63, 3.8) is 0 Å². The zero-order chi connectivity index (χ0) is 22.2. The van der Waals surface area contributed by atoms with Gasteiger partial charge in [-0.15, -0.1) is 11.3 Å². The number of amides is 2. The first kappa shape index (κ1) is 21.3. The molecule has 1 aromatic heterocycles. The lowest BCUT2D eigenvalue weighted by Gasteiger charge is -2.30. The number of hydrogen-bond acceptors (Lipinski definition) is 6. The van der Waals surface area contributed by atoms with Gasteiger partial charge >= 0.3 is 6.09 Å². The average Bonchev–Trinajstić information content (AvgIpc) is 3.43. The third-order valence-electron chi connectivity index (χ3n) is 6.28. The van der Waals surface area contributed by atoms with Crippen LogP contribution in [-0.4, -0.2) is 43.5 Å². The predicted octanol–water partition coefficient (Wildman–Crippen LogP) is 4.77. The summed E-state index contributed by atoms with van der Waals surface area (Å²) in [5.74, 6) is 1.26. The van der Waals surface area contributed by atoms with E-state index in [9.17, 15) is 9.59 Å². The van der Waals surface area contributed by atoms with Gasteiger partial charge in [0.05, 0.1) is 28.0 Å². The number of rotatable bonds is 6. The third-order valence-corrected chi connectivity index (χ3v) is 7.51. The normalized spacial score (nSPS) is 23.2. The third kappa shape index (κ3) is 4.47. The van der Waals surface area contributed by atoms with Crippen LogP contribution in [0.3, 0.4) is 0 Å². The van der Waals surface area contributed by atoms with E-state index in [0.717, 1.165) is 30.3 Å². The van der Waals surface area contributed by atoms with Gasteiger partial charge in [0.2, 0.25) is 0 Å². The molecule has 2 amide bonds. The van der Waals surface area contributed by atoms with Gasteiger partial charge in [0.15, 0.2) is 0 Å². The Labute approximate surface area is 196 Å². The number of nitrogens with one attached hydrogen (secondary N) is 1. The minimum atomic E-state index is -0.407. The molecule has 7 nitrogen and oxygen atoms in total. The van der Waals surface area contributed by atoms with Gasteiger partial charge in [-0.3, -0.25) is 14.7 Å². The van der Waals surface area contributed by atoms with Crippen molar-refractivity contribution < 1.29 is 14.3 Å². The number of carbonyl (C=O) groups excluding carboxylic acids is 2. The van der Waals surface area contributed by atoms with E-state index in [4.69, 9.17) is 21.4 Å². The lowest BCUT2D eigenvalue weighted by molar-refractivity contribution is 0.0920. The van der Waals surface area contributed by atoms with Crippen LogP contribution < -0.4 is 15.2 Å². The van der Waals surface area contributed by atoms with Gasteiger partial charge in [0, 0.05) is 23.9 Å². The average molecular weight is 473 g/mol. The number of nitrogens with zero attached hydrogens (tertiary/aromatic N) is 3. The van der Waals surface area contributed by atoms with Crippen LogP contribution in [0.4, 0.5) is 16.2 Å². The second-order valence-corrected chi connectivity index (χ2v) is 10.3. The van der Waals surface area contributed by atoms with Gasteiger partial charge in [0.1, 0.15) is 6.10 Å². The van der Waals surface area contributed by atoms with E-state index < -0.39 is 12.2 Å². The van der Waals surface area contributed by atoms with Crippen LogP contribution in [0.1, 0.15) is 35.9 Å². The SMILES string of the molecule is CC1=NN(c2ccc(N3C[C@H](CNC(=O)c4ccc(Cl)s4)OC3=O)cc2)CCC1C1CC1. The van der Waals surface area contributed by atoms with Crippen molar-refractivity contribution in [3.8, 4) is 0 Å². The Kier molecular flexibility index (Phi) is 5.82. The Morgan fingerprint density at radius 2 is 1.94 bits per heavy atom. The first-order valence-electron chi connectivity index (χ1n) is 10.9. The van der Waals surface area contributed by atoms with Gasteiger partial charge in [-0.2, -0.15) is 5.10 Å². The Morgan fingerprint density at radius 3 is 2.59 bits per heavy atom. The number of thiophene rings is 1. The molecular weight excluding hydrogens is 448 g/mol. The van der Waals surface area contributed by atoms with Crippen LogP contribution in [-0.2, 0) is 4.74 Å². The van der Waals surface area contributed by atoms with Crippen molar-refractivity contribution in [2.24, 2.45) is 16.9 Å². The molecule has 3 aliphatic rings. The van der Waals surface area contributed by atoms with Crippen LogP contribution in [0.5, 0.6) is 0 Å². The molecular formula is C23H25ClN4O3S. The summed E-state index contributed by atoms with van der Waals surface area (Å²) in [5.41, 5.74) is 3.01. The smallest absolute Gasteiger partial charge is 0.414 e. The van der Waals surface area contributed by atoms with E-state index in [2.05, 4.69) is 17.2 Å². The maximum atomic E-state index is 12.4. The largest absolute Gasteiger partial charge is 0.442 e. The van der Waals surface area contributed by atoms with Gasteiger partial charge < -0.3 is 10.1 Å². The molecule has 1 aromatic carbocycles. The van der Waals surface area contributed by atoms with Crippen molar-refractivity contribution in [2.75, 3.05) is 29.5 Å². The summed E-state index contributed by atoms with van der Waals surface area (Å²) in [6.45, 7) is 3.68. The van der Waals surface area contributed by atoms with E-state index >= 15 is 0 Å². The quantitative estimate of drug-likeness (QED) is 0.657. The van der Waals surface area contributed by atoms with E-state index in [1.165, 1.54) is 29.9 Å². The van der Waals surface area contributed by atoms with Crippen LogP contribution in [0, 0.1) is 11.8 Å². The summed E-state index contributed by atoms with van der Waals surface area (Å²) in [5, 5.41) is 9.67. The van der Waals surface area contributed by atoms with E-state index in [-0.39, 0.29) is 12.5 Å². The molecule has 2 atom stereocenters. The number of hydrazone groups is 1. The summed E-state index contributed by atoms with van der Waals surface area (Å²) in [6.07, 6.45) is 3.01. The minimum absolute atomic E-state index is 0.220. The Hall–Kier alpha value is -2.58. The topological polar surface area (TPSA) is 74.2 Å². The van der Waals surface area contributed by atoms with Crippen LogP contribution in [0.25, 0.3) is 0 Å². The van der Waals surface area contributed by atoms with E-state index in [1.54, 1.807) is 17.0 Å². The maximum absolute atomic E-state index is 12.4. The molecule has 168 valence electrons. The molecule has 0 radical (unpaired) electrons. The molecule has 0 bridgehead atoms. The molecule has 5 rings (SSSR count). The fraction of sp³-hybridized carbons (Fsp3) is 0.435. The summed E-state index contributed by atoms with van der Waals surface area (Å²) < 4.78 is 6.00. The second-order valence-electron chi connectivity index (χ2n) is 8.54. The molecule has 2 aliphatic heterocycles. The molecule has 1 unspecified atom stereocenters. The van der Waals surface area contributed by atoms with Gasteiger partial charge in [-0.25, -0.2) is 4.79 Å². The molecule has 1 saturated carbocycles. The molecule has 9 heteroatoms. The van der Waals surface area contributed by atoms with Gasteiger partial charge in [-0.05, 0) is 68.5 Å². The van der Waals surface area contributed by atoms with Crippen molar-refractivity contribution >= 4 is 52.0 Å². The van der Waals surface area contributed by atoms with Crippen molar-refractivity contribution in [1.29, 1.82) is 0 Å². The van der Waals surface area contributed by atoms with Crippen LogP contribution >= 0.6 is 22.9 Å². The number of ether oxygens (including phenoxy) is 1.